The fraction of sp³-hybridized carbons (Fsp3) is 0.562. The summed E-state index contributed by atoms with van der Waals surface area (Å²) < 4.78 is 0. The molecule has 1 aromatic rings. The average molecular weight is 337 g/mol. The normalized spacial score (nSPS) is 20.6. The Morgan fingerprint density at radius 3 is 2.57 bits per heavy atom. The molecule has 1 fully saturated rings. The zero-order chi connectivity index (χ0) is 16.7. The Labute approximate surface area is 140 Å². The van der Waals surface area contributed by atoms with Gasteiger partial charge >= 0.3 is 0 Å². The molecule has 0 saturated heterocycles. The van der Waals surface area contributed by atoms with Crippen LogP contribution in [-0.4, -0.2) is 36.9 Å². The van der Waals surface area contributed by atoms with E-state index in [4.69, 9.17) is 0 Å². The van der Waals surface area contributed by atoms with E-state index in [1.807, 2.05) is 0 Å². The second kappa shape index (κ2) is 8.67. The van der Waals surface area contributed by atoms with E-state index < -0.39 is 0 Å². The van der Waals surface area contributed by atoms with Crippen molar-refractivity contribution in [3.05, 3.63) is 22.4 Å². The molecule has 0 unspecified atom stereocenters. The number of nitrogens with one attached hydrogen (secondary N) is 3. The molecule has 0 spiro atoms. The maximum absolute atomic E-state index is 11.9. The third-order valence-electron chi connectivity index (χ3n) is 4.06. The van der Waals surface area contributed by atoms with E-state index in [2.05, 4.69) is 22.9 Å². The summed E-state index contributed by atoms with van der Waals surface area (Å²) in [6, 6.07) is 3.67. The van der Waals surface area contributed by atoms with Crippen LogP contribution in [0.4, 0.5) is 0 Å². The Morgan fingerprint density at radius 2 is 1.87 bits per heavy atom. The summed E-state index contributed by atoms with van der Waals surface area (Å²) in [5, 5.41) is 9.82. The summed E-state index contributed by atoms with van der Waals surface area (Å²) in [6.07, 6.45) is 4.48. The summed E-state index contributed by atoms with van der Waals surface area (Å²) in [5.41, 5.74) is 0. The molecular formula is C16H23N3O3S. The van der Waals surface area contributed by atoms with Gasteiger partial charge in [-0.15, -0.1) is 11.3 Å². The molecule has 126 valence electrons. The quantitative estimate of drug-likeness (QED) is 0.731. The molecule has 1 aromatic heterocycles. The molecule has 3 N–H and O–H groups in total. The van der Waals surface area contributed by atoms with Crippen LogP contribution in [0, 0.1) is 5.92 Å². The van der Waals surface area contributed by atoms with Crippen LogP contribution in [-0.2, 0) is 9.59 Å². The number of amides is 3. The molecule has 0 radical (unpaired) electrons. The second-order valence-electron chi connectivity index (χ2n) is 5.87. The first-order valence-electron chi connectivity index (χ1n) is 7.94. The highest BCUT2D eigenvalue weighted by atomic mass is 32.1. The van der Waals surface area contributed by atoms with Gasteiger partial charge in [0.15, 0.2) is 0 Å². The van der Waals surface area contributed by atoms with Crippen molar-refractivity contribution >= 4 is 29.1 Å². The van der Waals surface area contributed by atoms with Crippen LogP contribution in [0.1, 0.15) is 42.3 Å². The average Bonchev–Trinajstić information content (AvgIpc) is 3.07. The van der Waals surface area contributed by atoms with Gasteiger partial charge in [0.25, 0.3) is 5.91 Å². The molecule has 1 heterocycles. The second-order valence-corrected chi connectivity index (χ2v) is 6.82. The highest BCUT2D eigenvalue weighted by Gasteiger charge is 2.22. The van der Waals surface area contributed by atoms with Gasteiger partial charge in [0, 0.05) is 6.04 Å². The van der Waals surface area contributed by atoms with Gasteiger partial charge in [-0.1, -0.05) is 25.8 Å². The van der Waals surface area contributed by atoms with Crippen LogP contribution in [0.5, 0.6) is 0 Å². The Balaban J connectivity index is 1.63. The molecule has 0 aromatic carbocycles. The molecule has 0 aliphatic heterocycles. The minimum atomic E-state index is -0.373. The topological polar surface area (TPSA) is 87.3 Å². The van der Waals surface area contributed by atoms with Crippen LogP contribution in [0.15, 0.2) is 17.5 Å². The van der Waals surface area contributed by atoms with Crippen molar-refractivity contribution in [2.75, 3.05) is 13.1 Å². The van der Waals surface area contributed by atoms with E-state index in [1.165, 1.54) is 17.8 Å². The molecule has 6 nitrogen and oxygen atoms in total. The van der Waals surface area contributed by atoms with Crippen molar-refractivity contribution < 1.29 is 14.4 Å². The van der Waals surface area contributed by atoms with Gasteiger partial charge in [0.1, 0.15) is 0 Å². The summed E-state index contributed by atoms with van der Waals surface area (Å²) in [4.78, 5) is 35.8. The number of thiophene rings is 1. The molecule has 0 bridgehead atoms. The molecule has 23 heavy (non-hydrogen) atoms. The van der Waals surface area contributed by atoms with Gasteiger partial charge < -0.3 is 16.0 Å². The molecule has 3 amide bonds. The third kappa shape index (κ3) is 5.67. The van der Waals surface area contributed by atoms with Crippen molar-refractivity contribution in [3.8, 4) is 0 Å². The lowest BCUT2D eigenvalue weighted by molar-refractivity contribution is -0.126. The van der Waals surface area contributed by atoms with Crippen molar-refractivity contribution in [1.82, 2.24) is 16.0 Å². The SMILES string of the molecule is C[C@@H]1CCCC[C@@H]1NC(=O)CNC(=O)CNC(=O)c1cccs1. The summed E-state index contributed by atoms with van der Waals surface area (Å²) in [6.45, 7) is 1.95. The van der Waals surface area contributed by atoms with E-state index >= 15 is 0 Å². The lowest BCUT2D eigenvalue weighted by Gasteiger charge is -2.29. The van der Waals surface area contributed by atoms with E-state index in [0.717, 1.165) is 19.3 Å². The Morgan fingerprint density at radius 1 is 1.13 bits per heavy atom. The minimum Gasteiger partial charge on any atom is -0.352 e. The standard InChI is InChI=1S/C16H23N3O3S/c1-11-5-2-3-6-12(11)19-15(21)10-17-14(20)9-18-16(22)13-7-4-8-23-13/h4,7-8,11-12H,2-3,5-6,9-10H2,1H3,(H,17,20)(H,18,22)(H,19,21)/t11-,12+/m1/s1. The molecule has 1 aliphatic rings. The molecular weight excluding hydrogens is 314 g/mol. The Hall–Kier alpha value is -1.89. The highest BCUT2D eigenvalue weighted by molar-refractivity contribution is 7.12. The number of carbonyl (C=O) groups excluding carboxylic acids is 3. The predicted octanol–water partition coefficient (Wildman–Crippen LogP) is 1.29. The fourth-order valence-corrected chi connectivity index (χ4v) is 3.33. The summed E-state index contributed by atoms with van der Waals surface area (Å²) in [5.74, 6) is -0.354. The van der Waals surface area contributed by atoms with E-state index in [1.54, 1.807) is 17.5 Å². The van der Waals surface area contributed by atoms with Crippen molar-refractivity contribution in [2.24, 2.45) is 5.92 Å². The zero-order valence-electron chi connectivity index (χ0n) is 13.3. The van der Waals surface area contributed by atoms with Crippen LogP contribution >= 0.6 is 11.3 Å². The molecule has 1 saturated carbocycles. The zero-order valence-corrected chi connectivity index (χ0v) is 14.1. The van der Waals surface area contributed by atoms with Crippen LogP contribution in [0.2, 0.25) is 0 Å². The van der Waals surface area contributed by atoms with E-state index in [-0.39, 0.29) is 36.9 Å². The van der Waals surface area contributed by atoms with Crippen molar-refractivity contribution in [3.63, 3.8) is 0 Å². The van der Waals surface area contributed by atoms with Crippen molar-refractivity contribution in [2.45, 2.75) is 38.6 Å². The van der Waals surface area contributed by atoms with E-state index in [0.29, 0.717) is 10.8 Å². The summed E-state index contributed by atoms with van der Waals surface area (Å²) in [7, 11) is 0. The van der Waals surface area contributed by atoms with Gasteiger partial charge in [-0.05, 0) is 30.2 Å². The molecule has 2 atom stereocenters. The van der Waals surface area contributed by atoms with Gasteiger partial charge in [0.2, 0.25) is 11.8 Å². The van der Waals surface area contributed by atoms with E-state index in [9.17, 15) is 14.4 Å². The number of hydrogen-bond acceptors (Lipinski definition) is 4. The smallest absolute Gasteiger partial charge is 0.261 e. The first-order valence-corrected chi connectivity index (χ1v) is 8.82. The molecule has 7 heteroatoms. The predicted molar refractivity (Wildman–Crippen MR) is 89.2 cm³/mol. The highest BCUT2D eigenvalue weighted by Crippen LogP contribution is 2.23. The Kier molecular flexibility index (Phi) is 6.58. The van der Waals surface area contributed by atoms with Crippen molar-refractivity contribution in [1.29, 1.82) is 0 Å². The first kappa shape index (κ1) is 17.5. The number of carbonyl (C=O) groups is 3. The van der Waals surface area contributed by atoms with Gasteiger partial charge in [0.05, 0.1) is 18.0 Å². The summed E-state index contributed by atoms with van der Waals surface area (Å²) >= 11 is 1.31. The van der Waals surface area contributed by atoms with Gasteiger partial charge in [-0.2, -0.15) is 0 Å². The largest absolute Gasteiger partial charge is 0.352 e. The van der Waals surface area contributed by atoms with Crippen LogP contribution in [0.25, 0.3) is 0 Å². The van der Waals surface area contributed by atoms with Gasteiger partial charge in [-0.25, -0.2) is 0 Å². The monoisotopic (exact) mass is 337 g/mol. The van der Waals surface area contributed by atoms with Crippen LogP contribution in [0.3, 0.4) is 0 Å². The maximum Gasteiger partial charge on any atom is 0.261 e. The number of hydrogen-bond donors (Lipinski definition) is 3. The lowest BCUT2D eigenvalue weighted by atomic mass is 9.86. The third-order valence-corrected chi connectivity index (χ3v) is 4.93. The number of rotatable bonds is 6. The molecule has 2 rings (SSSR count). The van der Waals surface area contributed by atoms with Gasteiger partial charge in [-0.3, -0.25) is 14.4 Å². The maximum atomic E-state index is 11.9. The lowest BCUT2D eigenvalue weighted by Crippen LogP contribution is -2.47. The Bertz CT molecular complexity index is 545. The van der Waals surface area contributed by atoms with Crippen LogP contribution < -0.4 is 16.0 Å². The fourth-order valence-electron chi connectivity index (χ4n) is 2.69. The first-order chi connectivity index (χ1) is 11.1. The molecule has 1 aliphatic carbocycles. The minimum absolute atomic E-state index is 0.0586.